The van der Waals surface area contributed by atoms with Crippen molar-refractivity contribution in [3.8, 4) is 0 Å². The SMILES string of the molecule is COCCCOCCN1CC(C2CC2)NCC1C1CC1. The van der Waals surface area contributed by atoms with Crippen LogP contribution < -0.4 is 5.32 Å². The summed E-state index contributed by atoms with van der Waals surface area (Å²) in [4.78, 5) is 2.72. The third-order valence-electron chi connectivity index (χ3n) is 5.01. The van der Waals surface area contributed by atoms with Crippen LogP contribution in [0.2, 0.25) is 0 Å². The molecule has 20 heavy (non-hydrogen) atoms. The van der Waals surface area contributed by atoms with E-state index in [1.807, 2.05) is 0 Å². The number of nitrogens with one attached hydrogen (secondary N) is 1. The highest BCUT2D eigenvalue weighted by Crippen LogP contribution is 2.39. The van der Waals surface area contributed by atoms with E-state index in [1.165, 1.54) is 38.8 Å². The molecule has 0 spiro atoms. The van der Waals surface area contributed by atoms with Crippen LogP contribution >= 0.6 is 0 Å². The lowest BCUT2D eigenvalue weighted by Crippen LogP contribution is -2.58. The molecule has 0 aromatic rings. The quantitative estimate of drug-likeness (QED) is 0.650. The molecule has 0 aromatic heterocycles. The van der Waals surface area contributed by atoms with E-state index in [2.05, 4.69) is 10.2 Å². The van der Waals surface area contributed by atoms with E-state index in [-0.39, 0.29) is 0 Å². The summed E-state index contributed by atoms with van der Waals surface area (Å²) in [7, 11) is 1.75. The van der Waals surface area contributed by atoms with Gasteiger partial charge in [0.1, 0.15) is 0 Å². The molecule has 2 atom stereocenters. The second-order valence-corrected chi connectivity index (χ2v) is 6.71. The molecular weight excluding hydrogens is 252 g/mol. The number of methoxy groups -OCH3 is 1. The number of piperazine rings is 1. The van der Waals surface area contributed by atoms with E-state index in [0.29, 0.717) is 0 Å². The topological polar surface area (TPSA) is 33.7 Å². The summed E-state index contributed by atoms with van der Waals surface area (Å²) < 4.78 is 10.8. The van der Waals surface area contributed by atoms with E-state index in [1.54, 1.807) is 7.11 Å². The Kier molecular flexibility index (Phi) is 5.32. The molecule has 2 aliphatic carbocycles. The summed E-state index contributed by atoms with van der Waals surface area (Å²) in [5.41, 5.74) is 0. The summed E-state index contributed by atoms with van der Waals surface area (Å²) in [5, 5.41) is 3.80. The van der Waals surface area contributed by atoms with Crippen molar-refractivity contribution in [2.24, 2.45) is 11.8 Å². The van der Waals surface area contributed by atoms with Crippen molar-refractivity contribution < 1.29 is 9.47 Å². The predicted octanol–water partition coefficient (Wildman–Crippen LogP) is 1.50. The summed E-state index contributed by atoms with van der Waals surface area (Å²) in [6.07, 6.45) is 6.76. The molecule has 0 aromatic carbocycles. The Morgan fingerprint density at radius 1 is 1.05 bits per heavy atom. The Bertz CT molecular complexity index is 292. The summed E-state index contributed by atoms with van der Waals surface area (Å²) in [6, 6.07) is 1.52. The second-order valence-electron chi connectivity index (χ2n) is 6.71. The zero-order valence-electron chi connectivity index (χ0n) is 12.9. The summed E-state index contributed by atoms with van der Waals surface area (Å²) in [5.74, 6) is 1.91. The average molecular weight is 282 g/mol. The Hall–Kier alpha value is -0.160. The van der Waals surface area contributed by atoms with Crippen LogP contribution in [0.25, 0.3) is 0 Å². The molecule has 3 aliphatic rings. The molecule has 0 amide bonds. The maximum Gasteiger partial charge on any atom is 0.0593 e. The van der Waals surface area contributed by atoms with E-state index in [0.717, 1.165) is 56.7 Å². The fourth-order valence-corrected chi connectivity index (χ4v) is 3.46. The van der Waals surface area contributed by atoms with Crippen LogP contribution in [0.5, 0.6) is 0 Å². The first kappa shape index (κ1) is 14.8. The molecule has 1 N–H and O–H groups in total. The molecule has 1 aliphatic heterocycles. The van der Waals surface area contributed by atoms with Gasteiger partial charge in [-0.2, -0.15) is 0 Å². The molecule has 116 valence electrons. The Labute approximate surface area is 123 Å². The van der Waals surface area contributed by atoms with Crippen molar-refractivity contribution in [3.63, 3.8) is 0 Å². The van der Waals surface area contributed by atoms with Crippen molar-refractivity contribution in [3.05, 3.63) is 0 Å². The fraction of sp³-hybridized carbons (Fsp3) is 1.00. The molecule has 0 bridgehead atoms. The van der Waals surface area contributed by atoms with E-state index >= 15 is 0 Å². The van der Waals surface area contributed by atoms with E-state index in [9.17, 15) is 0 Å². The van der Waals surface area contributed by atoms with Crippen molar-refractivity contribution in [1.82, 2.24) is 10.2 Å². The Morgan fingerprint density at radius 2 is 1.85 bits per heavy atom. The van der Waals surface area contributed by atoms with Crippen molar-refractivity contribution >= 4 is 0 Å². The molecule has 0 radical (unpaired) electrons. The van der Waals surface area contributed by atoms with Gasteiger partial charge in [0.05, 0.1) is 6.61 Å². The van der Waals surface area contributed by atoms with Crippen LogP contribution in [0.1, 0.15) is 32.1 Å². The molecule has 1 heterocycles. The minimum Gasteiger partial charge on any atom is -0.385 e. The van der Waals surface area contributed by atoms with Crippen LogP contribution in [-0.2, 0) is 9.47 Å². The highest BCUT2D eigenvalue weighted by atomic mass is 16.5. The number of rotatable bonds is 9. The lowest BCUT2D eigenvalue weighted by Gasteiger charge is -2.41. The second kappa shape index (κ2) is 7.21. The average Bonchev–Trinajstić information content (AvgIpc) is 3.34. The first-order valence-corrected chi connectivity index (χ1v) is 8.42. The minimum atomic E-state index is 0.749. The molecule has 3 fully saturated rings. The molecule has 1 saturated heterocycles. The molecule has 2 unspecified atom stereocenters. The Morgan fingerprint density at radius 3 is 2.55 bits per heavy atom. The van der Waals surface area contributed by atoms with Gasteiger partial charge in [0, 0.05) is 52.0 Å². The zero-order chi connectivity index (χ0) is 13.8. The third kappa shape index (κ3) is 4.17. The minimum absolute atomic E-state index is 0.749. The van der Waals surface area contributed by atoms with Crippen LogP contribution in [0, 0.1) is 11.8 Å². The first-order chi connectivity index (χ1) is 9.88. The van der Waals surface area contributed by atoms with Gasteiger partial charge in [0.2, 0.25) is 0 Å². The van der Waals surface area contributed by atoms with Gasteiger partial charge in [-0.25, -0.2) is 0 Å². The monoisotopic (exact) mass is 282 g/mol. The van der Waals surface area contributed by atoms with E-state index in [4.69, 9.17) is 9.47 Å². The number of hydrogen-bond acceptors (Lipinski definition) is 4. The van der Waals surface area contributed by atoms with Crippen molar-refractivity contribution in [2.75, 3.05) is 46.6 Å². The number of ether oxygens (including phenoxy) is 2. The van der Waals surface area contributed by atoms with Crippen LogP contribution in [0.3, 0.4) is 0 Å². The van der Waals surface area contributed by atoms with Gasteiger partial charge in [-0.3, -0.25) is 4.90 Å². The largest absolute Gasteiger partial charge is 0.385 e. The lowest BCUT2D eigenvalue weighted by molar-refractivity contribution is 0.0483. The molecule has 3 rings (SSSR count). The van der Waals surface area contributed by atoms with Gasteiger partial charge in [-0.1, -0.05) is 0 Å². The van der Waals surface area contributed by atoms with Gasteiger partial charge in [-0.05, 0) is 43.9 Å². The maximum atomic E-state index is 5.76. The summed E-state index contributed by atoms with van der Waals surface area (Å²) in [6.45, 7) is 6.08. The highest BCUT2D eigenvalue weighted by Gasteiger charge is 2.42. The Balaban J connectivity index is 1.38. The van der Waals surface area contributed by atoms with Gasteiger partial charge >= 0.3 is 0 Å². The fourth-order valence-electron chi connectivity index (χ4n) is 3.46. The molecule has 2 saturated carbocycles. The smallest absolute Gasteiger partial charge is 0.0593 e. The molecular formula is C16H30N2O2. The van der Waals surface area contributed by atoms with Crippen LogP contribution in [-0.4, -0.2) is 63.5 Å². The van der Waals surface area contributed by atoms with Crippen molar-refractivity contribution in [1.29, 1.82) is 0 Å². The van der Waals surface area contributed by atoms with Gasteiger partial charge in [0.15, 0.2) is 0 Å². The normalized spacial score (nSPS) is 31.6. The van der Waals surface area contributed by atoms with Gasteiger partial charge in [-0.15, -0.1) is 0 Å². The predicted molar refractivity (Wildman–Crippen MR) is 79.9 cm³/mol. The third-order valence-corrected chi connectivity index (χ3v) is 5.01. The standard InChI is InChI=1S/C16H30N2O2/c1-19-8-2-9-20-10-7-18-12-15(13-3-4-13)17-11-16(18)14-5-6-14/h13-17H,2-12H2,1H3. The molecule has 4 nitrogen and oxygen atoms in total. The van der Waals surface area contributed by atoms with Gasteiger partial charge < -0.3 is 14.8 Å². The number of nitrogens with zero attached hydrogens (tertiary/aromatic N) is 1. The summed E-state index contributed by atoms with van der Waals surface area (Å²) >= 11 is 0. The van der Waals surface area contributed by atoms with Crippen LogP contribution in [0.15, 0.2) is 0 Å². The lowest BCUT2D eigenvalue weighted by atomic mass is 10.0. The zero-order valence-corrected chi connectivity index (χ0v) is 12.9. The van der Waals surface area contributed by atoms with Crippen LogP contribution in [0.4, 0.5) is 0 Å². The number of hydrogen-bond donors (Lipinski definition) is 1. The highest BCUT2D eigenvalue weighted by molar-refractivity contribution is 4.98. The maximum absolute atomic E-state index is 5.76. The van der Waals surface area contributed by atoms with Crippen molar-refractivity contribution in [2.45, 2.75) is 44.2 Å². The van der Waals surface area contributed by atoms with E-state index < -0.39 is 0 Å². The van der Waals surface area contributed by atoms with Gasteiger partial charge in [0.25, 0.3) is 0 Å². The molecule has 4 heteroatoms. The first-order valence-electron chi connectivity index (χ1n) is 8.42.